The van der Waals surface area contributed by atoms with Gasteiger partial charge in [-0.1, -0.05) is 49.6 Å². The summed E-state index contributed by atoms with van der Waals surface area (Å²) in [7, 11) is 0. The highest BCUT2D eigenvalue weighted by atomic mass is 32.1. The molecule has 1 fully saturated rings. The summed E-state index contributed by atoms with van der Waals surface area (Å²) >= 11 is 5.38. The average molecular weight is 355 g/mol. The standard InChI is InChI=1S/C20H22FN3S/c21-17-13-11-16(12-14-17)19(15-7-3-1-4-8-15)23-24-20(25)22-18-9-5-2-6-10-18/h1,3-4,7-8,11-14,18H,2,5-6,9-10H2,(H2,22,24,25)/b23-19-. The lowest BCUT2D eigenvalue weighted by Crippen LogP contribution is -2.41. The van der Waals surface area contributed by atoms with Crippen LogP contribution in [0.15, 0.2) is 59.7 Å². The number of hydrazone groups is 1. The number of hydrogen-bond donors (Lipinski definition) is 2. The van der Waals surface area contributed by atoms with Crippen molar-refractivity contribution >= 4 is 23.0 Å². The summed E-state index contributed by atoms with van der Waals surface area (Å²) in [4.78, 5) is 0. The Hall–Kier alpha value is -2.27. The molecule has 1 saturated carbocycles. The Labute approximate surface area is 153 Å². The molecule has 0 atom stereocenters. The minimum Gasteiger partial charge on any atom is -0.359 e. The highest BCUT2D eigenvalue weighted by Crippen LogP contribution is 2.17. The first-order valence-electron chi connectivity index (χ1n) is 8.68. The van der Waals surface area contributed by atoms with E-state index in [1.165, 1.54) is 31.4 Å². The fourth-order valence-corrected chi connectivity index (χ4v) is 3.28. The van der Waals surface area contributed by atoms with Crippen LogP contribution in [0.1, 0.15) is 43.2 Å². The topological polar surface area (TPSA) is 36.4 Å². The number of halogens is 1. The van der Waals surface area contributed by atoms with Crippen molar-refractivity contribution in [1.82, 2.24) is 10.7 Å². The lowest BCUT2D eigenvalue weighted by molar-refractivity contribution is 0.412. The van der Waals surface area contributed by atoms with E-state index >= 15 is 0 Å². The summed E-state index contributed by atoms with van der Waals surface area (Å²) in [5, 5.41) is 8.37. The first kappa shape index (κ1) is 17.5. The molecular formula is C20H22FN3S. The second-order valence-electron chi connectivity index (χ2n) is 6.25. The van der Waals surface area contributed by atoms with E-state index in [0.29, 0.717) is 11.2 Å². The first-order valence-corrected chi connectivity index (χ1v) is 9.09. The molecule has 0 saturated heterocycles. The predicted molar refractivity (Wildman–Crippen MR) is 104 cm³/mol. The number of benzene rings is 2. The van der Waals surface area contributed by atoms with Crippen molar-refractivity contribution in [3.05, 3.63) is 71.5 Å². The van der Waals surface area contributed by atoms with E-state index in [2.05, 4.69) is 15.8 Å². The normalized spacial score (nSPS) is 15.6. The summed E-state index contributed by atoms with van der Waals surface area (Å²) < 4.78 is 13.2. The molecule has 2 aromatic carbocycles. The molecule has 0 amide bonds. The summed E-state index contributed by atoms with van der Waals surface area (Å²) in [6, 6.07) is 16.5. The largest absolute Gasteiger partial charge is 0.359 e. The minimum atomic E-state index is -0.265. The Bertz CT molecular complexity index is 722. The van der Waals surface area contributed by atoms with Crippen LogP contribution in [0.4, 0.5) is 4.39 Å². The molecule has 0 unspecified atom stereocenters. The molecule has 0 radical (unpaired) electrons. The summed E-state index contributed by atoms with van der Waals surface area (Å²) in [5.41, 5.74) is 5.47. The van der Waals surface area contributed by atoms with Gasteiger partial charge in [-0.2, -0.15) is 5.10 Å². The van der Waals surface area contributed by atoms with Crippen molar-refractivity contribution in [3.8, 4) is 0 Å². The first-order chi connectivity index (χ1) is 12.2. The Morgan fingerprint density at radius 1 is 0.920 bits per heavy atom. The van der Waals surface area contributed by atoms with Crippen LogP contribution in [0.3, 0.4) is 0 Å². The summed E-state index contributed by atoms with van der Waals surface area (Å²) in [5.74, 6) is -0.265. The third-order valence-electron chi connectivity index (χ3n) is 4.37. The van der Waals surface area contributed by atoms with Crippen LogP contribution >= 0.6 is 12.2 Å². The lowest BCUT2D eigenvalue weighted by atomic mass is 9.96. The summed E-state index contributed by atoms with van der Waals surface area (Å²) in [6.45, 7) is 0. The SMILES string of the molecule is Fc1ccc(/C(=N\NC(=S)NC2CCCCC2)c2ccccc2)cc1. The van der Waals surface area contributed by atoms with E-state index < -0.39 is 0 Å². The Morgan fingerprint density at radius 2 is 1.56 bits per heavy atom. The van der Waals surface area contributed by atoms with E-state index in [9.17, 15) is 4.39 Å². The van der Waals surface area contributed by atoms with E-state index in [1.807, 2.05) is 30.3 Å². The number of nitrogens with one attached hydrogen (secondary N) is 2. The molecule has 1 aliphatic rings. The van der Waals surface area contributed by atoms with Gasteiger partial charge in [0, 0.05) is 17.2 Å². The van der Waals surface area contributed by atoms with Gasteiger partial charge in [-0.05, 0) is 49.3 Å². The zero-order valence-electron chi connectivity index (χ0n) is 14.0. The number of thiocarbonyl (C=S) groups is 1. The van der Waals surface area contributed by atoms with Crippen molar-refractivity contribution in [2.75, 3.05) is 0 Å². The number of rotatable bonds is 4. The van der Waals surface area contributed by atoms with Crippen LogP contribution in [0, 0.1) is 5.82 Å². The molecular weight excluding hydrogens is 333 g/mol. The van der Waals surface area contributed by atoms with Crippen LogP contribution < -0.4 is 10.7 Å². The fourth-order valence-electron chi connectivity index (χ4n) is 3.07. The third-order valence-corrected chi connectivity index (χ3v) is 4.58. The second kappa shape index (κ2) is 8.72. The van der Waals surface area contributed by atoms with Crippen molar-refractivity contribution < 1.29 is 4.39 Å². The highest BCUT2D eigenvalue weighted by molar-refractivity contribution is 7.80. The molecule has 2 N–H and O–H groups in total. The molecule has 0 spiro atoms. The molecule has 0 heterocycles. The average Bonchev–Trinajstić information content (AvgIpc) is 2.65. The molecule has 2 aromatic rings. The monoisotopic (exact) mass is 355 g/mol. The molecule has 1 aliphatic carbocycles. The van der Waals surface area contributed by atoms with Crippen LogP contribution in [0.25, 0.3) is 0 Å². The molecule has 0 aliphatic heterocycles. The summed E-state index contributed by atoms with van der Waals surface area (Å²) in [6.07, 6.45) is 6.09. The molecule has 5 heteroatoms. The van der Waals surface area contributed by atoms with Crippen molar-refractivity contribution in [1.29, 1.82) is 0 Å². The molecule has 0 aromatic heterocycles. The second-order valence-corrected chi connectivity index (χ2v) is 6.66. The lowest BCUT2D eigenvalue weighted by Gasteiger charge is -2.23. The predicted octanol–water partition coefficient (Wildman–Crippen LogP) is 4.37. The number of nitrogens with zero attached hydrogens (tertiary/aromatic N) is 1. The highest BCUT2D eigenvalue weighted by Gasteiger charge is 2.14. The van der Waals surface area contributed by atoms with E-state index in [4.69, 9.17) is 12.2 Å². The van der Waals surface area contributed by atoms with Crippen molar-refractivity contribution in [2.24, 2.45) is 5.10 Å². The van der Waals surface area contributed by atoms with Crippen molar-refractivity contribution in [3.63, 3.8) is 0 Å². The Morgan fingerprint density at radius 3 is 2.24 bits per heavy atom. The Balaban J connectivity index is 1.75. The number of hydrogen-bond acceptors (Lipinski definition) is 2. The molecule has 0 bridgehead atoms. The smallest absolute Gasteiger partial charge is 0.187 e. The quantitative estimate of drug-likeness (QED) is 0.486. The maximum Gasteiger partial charge on any atom is 0.187 e. The maximum absolute atomic E-state index is 13.2. The van der Waals surface area contributed by atoms with Gasteiger partial charge in [-0.25, -0.2) is 4.39 Å². The van der Waals surface area contributed by atoms with Gasteiger partial charge in [0.1, 0.15) is 5.82 Å². The Kier molecular flexibility index (Phi) is 6.12. The fraction of sp³-hybridized carbons (Fsp3) is 0.300. The van der Waals surface area contributed by atoms with Gasteiger partial charge < -0.3 is 5.32 Å². The van der Waals surface area contributed by atoms with Crippen LogP contribution in [0.2, 0.25) is 0 Å². The molecule has 25 heavy (non-hydrogen) atoms. The molecule has 3 rings (SSSR count). The van der Waals surface area contributed by atoms with E-state index in [0.717, 1.165) is 29.7 Å². The van der Waals surface area contributed by atoms with Gasteiger partial charge in [0.05, 0.1) is 5.71 Å². The van der Waals surface area contributed by atoms with Gasteiger partial charge in [-0.3, -0.25) is 5.43 Å². The van der Waals surface area contributed by atoms with Gasteiger partial charge in [0.2, 0.25) is 0 Å². The van der Waals surface area contributed by atoms with Crippen LogP contribution in [0.5, 0.6) is 0 Å². The van der Waals surface area contributed by atoms with Gasteiger partial charge in [0.15, 0.2) is 5.11 Å². The maximum atomic E-state index is 13.2. The molecule has 130 valence electrons. The van der Waals surface area contributed by atoms with Gasteiger partial charge in [0.25, 0.3) is 0 Å². The third kappa shape index (κ3) is 5.10. The van der Waals surface area contributed by atoms with Gasteiger partial charge >= 0.3 is 0 Å². The van der Waals surface area contributed by atoms with Crippen LogP contribution in [-0.4, -0.2) is 16.9 Å². The van der Waals surface area contributed by atoms with E-state index in [1.54, 1.807) is 12.1 Å². The zero-order valence-corrected chi connectivity index (χ0v) is 14.9. The zero-order chi connectivity index (χ0) is 17.5. The van der Waals surface area contributed by atoms with Gasteiger partial charge in [-0.15, -0.1) is 0 Å². The van der Waals surface area contributed by atoms with E-state index in [-0.39, 0.29) is 5.82 Å². The minimum absolute atomic E-state index is 0.265. The van der Waals surface area contributed by atoms with Crippen molar-refractivity contribution in [2.45, 2.75) is 38.1 Å². The molecule has 3 nitrogen and oxygen atoms in total. The van der Waals surface area contributed by atoms with Crippen LogP contribution in [-0.2, 0) is 0 Å².